The van der Waals surface area contributed by atoms with Crippen molar-refractivity contribution in [3.63, 3.8) is 0 Å². The molecule has 1 aliphatic rings. The molecule has 3 heterocycles. The Labute approximate surface area is 192 Å². The van der Waals surface area contributed by atoms with E-state index in [-0.39, 0.29) is 18.3 Å². The molecule has 0 unspecified atom stereocenters. The van der Waals surface area contributed by atoms with Crippen molar-refractivity contribution in [2.45, 2.75) is 52.8 Å². The number of aromatic nitrogens is 4. The Morgan fingerprint density at radius 2 is 2.03 bits per heavy atom. The maximum atomic E-state index is 12.6. The minimum Gasteiger partial charge on any atom is -0.486 e. The largest absolute Gasteiger partial charge is 0.486 e. The van der Waals surface area contributed by atoms with Crippen molar-refractivity contribution in [1.82, 2.24) is 19.6 Å². The number of anilines is 1. The van der Waals surface area contributed by atoms with Gasteiger partial charge in [0.15, 0.2) is 5.76 Å². The summed E-state index contributed by atoms with van der Waals surface area (Å²) in [6.07, 6.45) is 8.73. The molecule has 0 saturated heterocycles. The van der Waals surface area contributed by atoms with Crippen molar-refractivity contribution in [3.8, 4) is 5.75 Å². The van der Waals surface area contributed by atoms with Gasteiger partial charge in [-0.2, -0.15) is 10.2 Å². The standard InChI is InChI=1S/C25H27N5O3/c1-3-30-17(2)20(12-27-30)14-29-15-21(13-26-29)28-25(31)24-10-9-23(33-24)16-32-22-8-7-18-5-4-6-19(18)11-22/h7-13,15H,3-6,14,16H2,1-2H3,(H,28,31). The SMILES string of the molecule is CCn1ncc(Cn2cc(NC(=O)c3ccc(COc4ccc5c(c4)CCC5)o3)cn2)c1C. The number of nitrogens with one attached hydrogen (secondary N) is 1. The molecule has 0 saturated carbocycles. The van der Waals surface area contributed by atoms with Crippen molar-refractivity contribution >= 4 is 11.6 Å². The molecule has 8 nitrogen and oxygen atoms in total. The van der Waals surface area contributed by atoms with Crippen molar-refractivity contribution in [2.75, 3.05) is 5.32 Å². The fourth-order valence-electron chi connectivity index (χ4n) is 4.21. The Morgan fingerprint density at radius 3 is 2.88 bits per heavy atom. The van der Waals surface area contributed by atoms with Crippen molar-refractivity contribution in [3.05, 3.63) is 82.8 Å². The van der Waals surface area contributed by atoms with Gasteiger partial charge in [0.05, 0.1) is 24.6 Å². The number of aryl methyl sites for hydroxylation is 3. The van der Waals surface area contributed by atoms with Crippen LogP contribution in [-0.4, -0.2) is 25.5 Å². The van der Waals surface area contributed by atoms with Gasteiger partial charge < -0.3 is 14.5 Å². The summed E-state index contributed by atoms with van der Waals surface area (Å²) in [4.78, 5) is 12.6. The highest BCUT2D eigenvalue weighted by molar-refractivity contribution is 6.02. The molecule has 1 N–H and O–H groups in total. The van der Waals surface area contributed by atoms with Gasteiger partial charge in [-0.1, -0.05) is 6.07 Å². The molecule has 170 valence electrons. The van der Waals surface area contributed by atoms with Gasteiger partial charge in [0, 0.05) is 24.0 Å². The van der Waals surface area contributed by atoms with Crippen LogP contribution in [-0.2, 0) is 32.5 Å². The van der Waals surface area contributed by atoms with Crippen LogP contribution in [0.1, 0.15) is 52.0 Å². The summed E-state index contributed by atoms with van der Waals surface area (Å²) in [7, 11) is 0. The lowest BCUT2D eigenvalue weighted by Crippen LogP contribution is -2.10. The summed E-state index contributed by atoms with van der Waals surface area (Å²) in [5.74, 6) is 1.33. The molecular formula is C25H27N5O3. The molecular weight excluding hydrogens is 418 g/mol. The molecule has 1 amide bonds. The molecule has 1 aromatic carbocycles. The van der Waals surface area contributed by atoms with Gasteiger partial charge in [0.1, 0.15) is 18.1 Å². The number of ether oxygens (including phenoxy) is 1. The van der Waals surface area contributed by atoms with Crippen LogP contribution < -0.4 is 10.1 Å². The number of rotatable bonds is 8. The number of furan rings is 1. The van der Waals surface area contributed by atoms with Crippen LogP contribution >= 0.6 is 0 Å². The lowest BCUT2D eigenvalue weighted by molar-refractivity contribution is 0.0992. The maximum absolute atomic E-state index is 12.6. The van der Waals surface area contributed by atoms with E-state index >= 15 is 0 Å². The molecule has 4 aromatic rings. The average molecular weight is 446 g/mol. The summed E-state index contributed by atoms with van der Waals surface area (Å²) in [6, 6.07) is 9.65. The normalized spacial score (nSPS) is 12.7. The van der Waals surface area contributed by atoms with Crippen molar-refractivity contribution in [2.24, 2.45) is 0 Å². The molecule has 8 heteroatoms. The van der Waals surface area contributed by atoms with E-state index in [1.165, 1.54) is 17.5 Å². The van der Waals surface area contributed by atoms with E-state index in [4.69, 9.17) is 9.15 Å². The second kappa shape index (κ2) is 8.97. The van der Waals surface area contributed by atoms with Crippen molar-refractivity contribution < 1.29 is 13.9 Å². The van der Waals surface area contributed by atoms with Crippen LogP contribution in [0.25, 0.3) is 0 Å². The number of benzene rings is 1. The topological polar surface area (TPSA) is 87.1 Å². The molecule has 0 radical (unpaired) electrons. The van der Waals surface area contributed by atoms with Crippen LogP contribution in [0.4, 0.5) is 5.69 Å². The number of amides is 1. The summed E-state index contributed by atoms with van der Waals surface area (Å²) in [5.41, 5.74) is 5.59. The first-order valence-electron chi connectivity index (χ1n) is 11.3. The second-order valence-corrected chi connectivity index (χ2v) is 8.29. The monoisotopic (exact) mass is 445 g/mol. The third-order valence-electron chi connectivity index (χ3n) is 6.06. The first-order chi connectivity index (χ1) is 16.1. The molecule has 0 aliphatic heterocycles. The smallest absolute Gasteiger partial charge is 0.291 e. The molecule has 3 aromatic heterocycles. The molecule has 33 heavy (non-hydrogen) atoms. The summed E-state index contributed by atoms with van der Waals surface area (Å²) >= 11 is 0. The molecule has 5 rings (SSSR count). The Kier molecular flexibility index (Phi) is 5.73. The van der Waals surface area contributed by atoms with Crippen LogP contribution in [0, 0.1) is 6.92 Å². The van der Waals surface area contributed by atoms with Gasteiger partial charge in [0.2, 0.25) is 0 Å². The van der Waals surface area contributed by atoms with Gasteiger partial charge >= 0.3 is 0 Å². The van der Waals surface area contributed by atoms with Crippen LogP contribution in [0.15, 0.2) is 53.3 Å². The highest BCUT2D eigenvalue weighted by atomic mass is 16.5. The Hall–Kier alpha value is -3.81. The third kappa shape index (κ3) is 4.55. The lowest BCUT2D eigenvalue weighted by Gasteiger charge is -2.06. The highest BCUT2D eigenvalue weighted by Crippen LogP contribution is 2.26. The zero-order valence-corrected chi connectivity index (χ0v) is 18.9. The van der Waals surface area contributed by atoms with E-state index in [1.807, 2.05) is 23.9 Å². The van der Waals surface area contributed by atoms with Crippen LogP contribution in [0.2, 0.25) is 0 Å². The Balaban J connectivity index is 1.17. The van der Waals surface area contributed by atoms with E-state index in [0.717, 1.165) is 36.4 Å². The van der Waals surface area contributed by atoms with Gasteiger partial charge in [-0.05, 0) is 68.5 Å². The second-order valence-electron chi connectivity index (χ2n) is 8.29. The number of fused-ring (bicyclic) bond motifs is 1. The molecule has 1 aliphatic carbocycles. The number of hydrogen-bond donors (Lipinski definition) is 1. The minimum atomic E-state index is -0.326. The van der Waals surface area contributed by atoms with Gasteiger partial charge in [0.25, 0.3) is 5.91 Å². The Morgan fingerprint density at radius 1 is 1.15 bits per heavy atom. The van der Waals surface area contributed by atoms with Gasteiger partial charge in [-0.3, -0.25) is 14.2 Å². The fraction of sp³-hybridized carbons (Fsp3) is 0.320. The minimum absolute atomic E-state index is 0.232. The first kappa shape index (κ1) is 21.1. The average Bonchev–Trinajstić information content (AvgIpc) is 3.61. The van der Waals surface area contributed by atoms with E-state index in [2.05, 4.69) is 34.6 Å². The van der Waals surface area contributed by atoms with Crippen LogP contribution in [0.3, 0.4) is 0 Å². The van der Waals surface area contributed by atoms with Gasteiger partial charge in [-0.15, -0.1) is 0 Å². The molecule has 0 fully saturated rings. The molecule has 0 bridgehead atoms. The maximum Gasteiger partial charge on any atom is 0.291 e. The van der Waals surface area contributed by atoms with E-state index in [0.29, 0.717) is 18.0 Å². The molecule has 0 atom stereocenters. The molecule has 0 spiro atoms. The highest BCUT2D eigenvalue weighted by Gasteiger charge is 2.15. The predicted octanol–water partition coefficient (Wildman–Crippen LogP) is 4.37. The van der Waals surface area contributed by atoms with E-state index in [1.54, 1.807) is 29.2 Å². The van der Waals surface area contributed by atoms with E-state index in [9.17, 15) is 4.79 Å². The van der Waals surface area contributed by atoms with Crippen molar-refractivity contribution in [1.29, 1.82) is 0 Å². The summed E-state index contributed by atoms with van der Waals surface area (Å²) < 4.78 is 15.3. The number of carbonyl (C=O) groups is 1. The zero-order valence-electron chi connectivity index (χ0n) is 18.9. The predicted molar refractivity (Wildman–Crippen MR) is 123 cm³/mol. The Bertz CT molecular complexity index is 1280. The number of hydrogen-bond acceptors (Lipinski definition) is 5. The third-order valence-corrected chi connectivity index (χ3v) is 6.06. The van der Waals surface area contributed by atoms with Gasteiger partial charge in [-0.25, -0.2) is 0 Å². The fourth-order valence-corrected chi connectivity index (χ4v) is 4.21. The zero-order chi connectivity index (χ0) is 22.8. The first-order valence-corrected chi connectivity index (χ1v) is 11.3. The quantitative estimate of drug-likeness (QED) is 0.435. The summed E-state index contributed by atoms with van der Waals surface area (Å²) in [6.45, 7) is 5.79. The summed E-state index contributed by atoms with van der Waals surface area (Å²) in [5, 5.41) is 11.5. The lowest BCUT2D eigenvalue weighted by atomic mass is 10.1. The number of nitrogens with zero attached hydrogens (tertiary/aromatic N) is 4. The number of carbonyl (C=O) groups excluding carboxylic acids is 1. The van der Waals surface area contributed by atoms with E-state index < -0.39 is 0 Å². The van der Waals surface area contributed by atoms with Crippen LogP contribution in [0.5, 0.6) is 5.75 Å².